The van der Waals surface area contributed by atoms with Gasteiger partial charge in [0.25, 0.3) is 0 Å². The summed E-state index contributed by atoms with van der Waals surface area (Å²) in [7, 11) is 0. The van der Waals surface area contributed by atoms with Crippen molar-refractivity contribution in [3.8, 4) is 11.4 Å². The first-order valence-electron chi connectivity index (χ1n) is 7.67. The molecular weight excluding hydrogens is 274 g/mol. The van der Waals surface area contributed by atoms with Crippen LogP contribution in [0.4, 0.5) is 0 Å². The van der Waals surface area contributed by atoms with E-state index in [0.717, 1.165) is 22.5 Å². The Morgan fingerprint density at radius 2 is 1.95 bits per heavy atom. The fraction of sp³-hybridized carbons (Fsp3) is 0.333. The highest BCUT2D eigenvalue weighted by Crippen LogP contribution is 2.27. The Balaban J connectivity index is 2.19. The predicted molar refractivity (Wildman–Crippen MR) is 88.2 cm³/mol. The molecule has 0 aliphatic heterocycles. The van der Waals surface area contributed by atoms with Gasteiger partial charge < -0.3 is 8.97 Å². The van der Waals surface area contributed by atoms with Crippen LogP contribution in [0.25, 0.3) is 16.9 Å². The second-order valence-electron chi connectivity index (χ2n) is 6.22. The number of Topliss-reactive ketones (excluding diaryl/α,β-unsaturated/α-hetero) is 1. The average Bonchev–Trinajstić information content (AvgIpc) is 3.11. The number of carbonyl (C=O) groups excluding carboxylic acids is 1. The smallest absolute Gasteiger partial charge is 0.167 e. The van der Waals surface area contributed by atoms with Gasteiger partial charge in [-0.25, -0.2) is 4.98 Å². The summed E-state index contributed by atoms with van der Waals surface area (Å²) in [6.45, 7) is 8.11. The van der Waals surface area contributed by atoms with Gasteiger partial charge >= 0.3 is 0 Å². The summed E-state index contributed by atoms with van der Waals surface area (Å²) in [4.78, 5) is 17.0. The maximum Gasteiger partial charge on any atom is 0.167 e. The van der Waals surface area contributed by atoms with E-state index in [0.29, 0.717) is 6.04 Å². The minimum atomic E-state index is -0.0209. The van der Waals surface area contributed by atoms with Crippen molar-refractivity contribution in [2.45, 2.75) is 33.7 Å². The van der Waals surface area contributed by atoms with E-state index in [4.69, 9.17) is 0 Å². The van der Waals surface area contributed by atoms with Gasteiger partial charge in [-0.05, 0) is 32.0 Å². The van der Waals surface area contributed by atoms with Crippen molar-refractivity contribution in [1.29, 1.82) is 0 Å². The number of hydrogen-bond acceptors (Lipinski definition) is 2. The molecule has 0 aliphatic rings. The van der Waals surface area contributed by atoms with E-state index in [1.807, 2.05) is 61.2 Å². The van der Waals surface area contributed by atoms with Gasteiger partial charge in [-0.2, -0.15) is 0 Å². The molecule has 3 aromatic heterocycles. The molecule has 0 radical (unpaired) electrons. The zero-order chi connectivity index (χ0) is 15.9. The third-order valence-electron chi connectivity index (χ3n) is 3.93. The topological polar surface area (TPSA) is 39.3 Å². The molecule has 0 saturated heterocycles. The summed E-state index contributed by atoms with van der Waals surface area (Å²) in [6, 6.07) is 8.25. The third kappa shape index (κ3) is 2.34. The molecule has 0 aromatic carbocycles. The molecule has 0 amide bonds. The Hall–Kier alpha value is -2.36. The van der Waals surface area contributed by atoms with Gasteiger partial charge in [-0.3, -0.25) is 4.79 Å². The van der Waals surface area contributed by atoms with Gasteiger partial charge in [0.05, 0.1) is 17.5 Å². The highest BCUT2D eigenvalue weighted by molar-refractivity contribution is 6.05. The van der Waals surface area contributed by atoms with Gasteiger partial charge in [0.15, 0.2) is 5.78 Å². The summed E-state index contributed by atoms with van der Waals surface area (Å²) in [5.74, 6) is 0.144. The SMILES string of the molecule is CC(C)C(=O)c1cc(-c2cn(C(C)C)cn2)n2ccccc12. The van der Waals surface area contributed by atoms with Crippen LogP contribution in [0, 0.1) is 5.92 Å². The van der Waals surface area contributed by atoms with E-state index in [1.54, 1.807) is 0 Å². The molecule has 0 fully saturated rings. The summed E-state index contributed by atoms with van der Waals surface area (Å²) >= 11 is 0. The largest absolute Gasteiger partial charge is 0.334 e. The maximum absolute atomic E-state index is 12.5. The Morgan fingerprint density at radius 1 is 1.18 bits per heavy atom. The monoisotopic (exact) mass is 295 g/mol. The number of nitrogens with zero attached hydrogens (tertiary/aromatic N) is 3. The molecule has 0 spiro atoms. The molecule has 4 nitrogen and oxygen atoms in total. The number of ketones is 1. The second-order valence-corrected chi connectivity index (χ2v) is 6.22. The zero-order valence-electron chi connectivity index (χ0n) is 13.4. The third-order valence-corrected chi connectivity index (χ3v) is 3.93. The molecule has 0 bridgehead atoms. The lowest BCUT2D eigenvalue weighted by Crippen LogP contribution is -2.06. The average molecular weight is 295 g/mol. The molecule has 0 aliphatic carbocycles. The van der Waals surface area contributed by atoms with Crippen LogP contribution in [0.5, 0.6) is 0 Å². The van der Waals surface area contributed by atoms with Crippen molar-refractivity contribution < 1.29 is 4.79 Å². The Bertz CT molecular complexity index is 824. The number of rotatable bonds is 4. The summed E-state index contributed by atoms with van der Waals surface area (Å²) in [5, 5.41) is 0. The minimum Gasteiger partial charge on any atom is -0.334 e. The molecular formula is C18H21N3O. The van der Waals surface area contributed by atoms with E-state index in [-0.39, 0.29) is 11.7 Å². The van der Waals surface area contributed by atoms with Crippen LogP contribution in [-0.4, -0.2) is 19.7 Å². The first-order valence-corrected chi connectivity index (χ1v) is 7.67. The lowest BCUT2D eigenvalue weighted by atomic mass is 10.0. The Kier molecular flexibility index (Phi) is 3.61. The summed E-state index contributed by atoms with van der Waals surface area (Å²) in [5.41, 5.74) is 3.55. The molecule has 0 atom stereocenters. The van der Waals surface area contributed by atoms with Crippen LogP contribution < -0.4 is 0 Å². The zero-order valence-corrected chi connectivity index (χ0v) is 13.4. The highest BCUT2D eigenvalue weighted by Gasteiger charge is 2.19. The van der Waals surface area contributed by atoms with E-state index < -0.39 is 0 Å². The van der Waals surface area contributed by atoms with E-state index in [9.17, 15) is 4.79 Å². The molecule has 3 aromatic rings. The maximum atomic E-state index is 12.5. The van der Waals surface area contributed by atoms with Crippen LogP contribution in [0.3, 0.4) is 0 Å². The summed E-state index contributed by atoms with van der Waals surface area (Å²) in [6.07, 6.45) is 5.85. The quantitative estimate of drug-likeness (QED) is 0.676. The number of hydrogen-bond donors (Lipinski definition) is 0. The molecule has 114 valence electrons. The fourth-order valence-corrected chi connectivity index (χ4v) is 2.61. The molecule has 4 heteroatoms. The number of aromatic nitrogens is 3. The van der Waals surface area contributed by atoms with E-state index in [1.165, 1.54) is 0 Å². The van der Waals surface area contributed by atoms with Crippen molar-refractivity contribution in [1.82, 2.24) is 14.0 Å². The van der Waals surface area contributed by atoms with Crippen molar-refractivity contribution in [3.63, 3.8) is 0 Å². The summed E-state index contributed by atoms with van der Waals surface area (Å²) < 4.78 is 4.12. The fourth-order valence-electron chi connectivity index (χ4n) is 2.61. The van der Waals surface area contributed by atoms with Crippen LogP contribution in [-0.2, 0) is 0 Å². The molecule has 0 N–H and O–H groups in total. The number of imidazole rings is 1. The second kappa shape index (κ2) is 5.44. The van der Waals surface area contributed by atoms with Gasteiger partial charge in [0, 0.05) is 29.9 Å². The number of pyridine rings is 1. The molecule has 0 saturated carbocycles. The van der Waals surface area contributed by atoms with E-state index in [2.05, 4.69) is 23.4 Å². The van der Waals surface area contributed by atoms with Crippen molar-refractivity contribution in [2.75, 3.05) is 0 Å². The minimum absolute atomic E-state index is 0.0209. The van der Waals surface area contributed by atoms with Crippen LogP contribution in [0.2, 0.25) is 0 Å². The van der Waals surface area contributed by atoms with Gasteiger partial charge in [-0.15, -0.1) is 0 Å². The van der Waals surface area contributed by atoms with Crippen LogP contribution >= 0.6 is 0 Å². The van der Waals surface area contributed by atoms with Crippen molar-refractivity contribution >= 4 is 11.3 Å². The standard InChI is InChI=1S/C18H21N3O/c1-12(2)18(22)14-9-17(21-8-6-5-7-16(14)21)15-10-20(11-19-15)13(3)4/h5-13H,1-4H3. The van der Waals surface area contributed by atoms with E-state index >= 15 is 0 Å². The van der Waals surface area contributed by atoms with Crippen LogP contribution in [0.15, 0.2) is 43.0 Å². The lowest BCUT2D eigenvalue weighted by Gasteiger charge is -2.04. The van der Waals surface area contributed by atoms with Crippen molar-refractivity contribution in [2.24, 2.45) is 5.92 Å². The van der Waals surface area contributed by atoms with Gasteiger partial charge in [0.2, 0.25) is 0 Å². The number of fused-ring (bicyclic) bond motifs is 1. The van der Waals surface area contributed by atoms with Crippen molar-refractivity contribution in [3.05, 3.63) is 48.5 Å². The van der Waals surface area contributed by atoms with Gasteiger partial charge in [-0.1, -0.05) is 19.9 Å². The predicted octanol–water partition coefficient (Wildman–Crippen LogP) is 4.22. The molecule has 3 rings (SSSR count). The molecule has 22 heavy (non-hydrogen) atoms. The first-order chi connectivity index (χ1) is 10.5. The Labute approximate surface area is 130 Å². The lowest BCUT2D eigenvalue weighted by molar-refractivity contribution is 0.0941. The highest BCUT2D eigenvalue weighted by atomic mass is 16.1. The molecule has 3 heterocycles. The molecule has 0 unspecified atom stereocenters. The Morgan fingerprint density at radius 3 is 2.59 bits per heavy atom. The number of carbonyl (C=O) groups is 1. The normalized spacial score (nSPS) is 11.7. The van der Waals surface area contributed by atoms with Gasteiger partial charge in [0.1, 0.15) is 5.69 Å². The van der Waals surface area contributed by atoms with Crippen LogP contribution in [0.1, 0.15) is 44.1 Å². The first kappa shape index (κ1) is 14.6.